The molecule has 41 heavy (non-hydrogen) atoms. The first-order valence-electron chi connectivity index (χ1n) is 13.3. The van der Waals surface area contributed by atoms with Crippen molar-refractivity contribution in [3.63, 3.8) is 0 Å². The molecule has 7 rings (SSSR count). The second-order valence-electron chi connectivity index (χ2n) is 10.7. The summed E-state index contributed by atoms with van der Waals surface area (Å²) in [6, 6.07) is 10.6. The summed E-state index contributed by atoms with van der Waals surface area (Å²) in [5.41, 5.74) is 1.63. The molecule has 3 aromatic rings. The molecule has 2 aromatic heterocycles. The fraction of sp³-hybridized carbons (Fsp3) is 0.310. The van der Waals surface area contributed by atoms with Gasteiger partial charge in [0.05, 0.1) is 32.9 Å². The van der Waals surface area contributed by atoms with E-state index in [0.29, 0.717) is 66.0 Å². The summed E-state index contributed by atoms with van der Waals surface area (Å²) in [6.07, 6.45) is 4.92. The van der Waals surface area contributed by atoms with Crippen LogP contribution in [0, 0.1) is 0 Å². The Morgan fingerprint density at radius 1 is 1.07 bits per heavy atom. The van der Waals surface area contributed by atoms with Gasteiger partial charge in [0.25, 0.3) is 5.91 Å². The third-order valence-electron chi connectivity index (χ3n) is 8.32. The van der Waals surface area contributed by atoms with Crippen LogP contribution in [-0.2, 0) is 37.4 Å². The summed E-state index contributed by atoms with van der Waals surface area (Å²) in [7, 11) is 0. The fourth-order valence-corrected chi connectivity index (χ4v) is 6.84. The van der Waals surface area contributed by atoms with E-state index in [4.69, 9.17) is 32.9 Å². The Kier molecular flexibility index (Phi) is 6.11. The number of aliphatic imine (C=N–C) groups is 1. The van der Waals surface area contributed by atoms with E-state index in [-0.39, 0.29) is 24.2 Å². The van der Waals surface area contributed by atoms with Gasteiger partial charge in [-0.2, -0.15) is 0 Å². The number of carbonyl (C=O) groups excluding carboxylic acids is 3. The minimum atomic E-state index is -1.02. The normalized spacial score (nSPS) is 22.1. The van der Waals surface area contributed by atoms with Crippen molar-refractivity contribution in [2.75, 3.05) is 30.4 Å². The van der Waals surface area contributed by atoms with Crippen LogP contribution in [-0.4, -0.2) is 63.7 Å². The maximum absolute atomic E-state index is 13.7. The molecule has 3 amide bonds. The number of amidine groups is 1. The van der Waals surface area contributed by atoms with Crippen LogP contribution in [0.2, 0.25) is 10.0 Å². The largest absolute Gasteiger partial charge is 0.381 e. The number of hydrogen-bond acceptors (Lipinski definition) is 7. The van der Waals surface area contributed by atoms with Crippen molar-refractivity contribution < 1.29 is 19.1 Å². The van der Waals surface area contributed by atoms with E-state index in [2.05, 4.69) is 20.6 Å². The molecule has 1 atom stereocenters. The van der Waals surface area contributed by atoms with Crippen LogP contribution < -0.4 is 10.6 Å². The number of nitrogens with zero attached hydrogens (tertiary/aromatic N) is 4. The number of amides is 3. The van der Waals surface area contributed by atoms with Crippen LogP contribution in [0.3, 0.4) is 0 Å². The van der Waals surface area contributed by atoms with E-state index in [1.165, 1.54) is 4.90 Å². The number of fused-ring (bicyclic) bond motifs is 3. The summed E-state index contributed by atoms with van der Waals surface area (Å²) < 4.78 is 5.48. The van der Waals surface area contributed by atoms with E-state index >= 15 is 0 Å². The Labute approximate surface area is 245 Å². The highest BCUT2D eigenvalue weighted by Gasteiger charge is 2.52. The molecule has 208 valence electrons. The molecule has 1 aliphatic carbocycles. The van der Waals surface area contributed by atoms with Crippen molar-refractivity contribution in [1.29, 1.82) is 0 Å². The number of pyridine rings is 2. The van der Waals surface area contributed by atoms with Crippen LogP contribution in [0.4, 0.5) is 11.5 Å². The molecule has 1 aromatic carbocycles. The zero-order valence-electron chi connectivity index (χ0n) is 21.7. The molecule has 1 saturated heterocycles. The Hall–Kier alpha value is -3.86. The van der Waals surface area contributed by atoms with Gasteiger partial charge in [-0.05, 0) is 36.2 Å². The number of halogens is 2. The van der Waals surface area contributed by atoms with Crippen LogP contribution in [0.1, 0.15) is 35.2 Å². The zero-order chi connectivity index (χ0) is 28.4. The summed E-state index contributed by atoms with van der Waals surface area (Å²) in [5.74, 6) is 0.0366. The van der Waals surface area contributed by atoms with Gasteiger partial charge in [0.2, 0.25) is 11.8 Å². The Morgan fingerprint density at radius 2 is 1.85 bits per heavy atom. The molecule has 2 N–H and O–H groups in total. The molecule has 10 nitrogen and oxygen atoms in total. The lowest BCUT2D eigenvalue weighted by Crippen LogP contribution is -2.48. The Bertz CT molecular complexity index is 1650. The van der Waals surface area contributed by atoms with Gasteiger partial charge < -0.3 is 15.4 Å². The van der Waals surface area contributed by atoms with Gasteiger partial charge in [-0.25, -0.2) is 4.98 Å². The Morgan fingerprint density at radius 3 is 2.63 bits per heavy atom. The molecule has 3 aliphatic heterocycles. The first kappa shape index (κ1) is 26.1. The van der Waals surface area contributed by atoms with Crippen molar-refractivity contribution >= 4 is 58.3 Å². The molecule has 1 fully saturated rings. The van der Waals surface area contributed by atoms with E-state index in [1.807, 2.05) is 18.2 Å². The standard InChI is InChI=1S/C29H24Cl2N6O4/c30-19-4-1-5-20(31)23(19)25-36-29(6-9-41-10-7-29)27(40)37(25)15-22(38)34-17-11-16-12-28(13-21(16)33-14-17)18-3-2-8-32-24(18)35-26(28)39/h1-5,8,11,14H,6-7,9-10,12-13,15H2,(H,34,38)(H,32,35,39)/t28-/m0/s1. The molecule has 0 unspecified atom stereocenters. The first-order chi connectivity index (χ1) is 19.8. The monoisotopic (exact) mass is 590 g/mol. The number of benzene rings is 1. The first-order valence-corrected chi connectivity index (χ1v) is 14.0. The number of rotatable bonds is 4. The smallest absolute Gasteiger partial charge is 0.256 e. The minimum absolute atomic E-state index is 0.102. The molecule has 0 radical (unpaired) electrons. The van der Waals surface area contributed by atoms with Gasteiger partial charge in [0.1, 0.15) is 23.7 Å². The molecule has 5 heterocycles. The van der Waals surface area contributed by atoms with Gasteiger partial charge in [0.15, 0.2) is 0 Å². The van der Waals surface area contributed by atoms with Crippen molar-refractivity contribution in [3.05, 3.63) is 81.2 Å². The number of ether oxygens (including phenoxy) is 1. The van der Waals surface area contributed by atoms with Gasteiger partial charge in [-0.3, -0.25) is 29.3 Å². The van der Waals surface area contributed by atoms with Crippen molar-refractivity contribution in [1.82, 2.24) is 14.9 Å². The second kappa shape index (κ2) is 9.61. The molecular weight excluding hydrogens is 567 g/mol. The maximum Gasteiger partial charge on any atom is 0.256 e. The maximum atomic E-state index is 13.7. The number of carbonyl (C=O) groups is 3. The molecule has 4 aliphatic rings. The van der Waals surface area contributed by atoms with E-state index < -0.39 is 16.9 Å². The van der Waals surface area contributed by atoms with Gasteiger partial charge in [-0.1, -0.05) is 35.3 Å². The Balaban J connectivity index is 1.13. The average Bonchev–Trinajstić information content (AvgIpc) is 3.55. The summed E-state index contributed by atoms with van der Waals surface area (Å²) in [5, 5.41) is 6.42. The van der Waals surface area contributed by atoms with Crippen molar-refractivity contribution in [2.24, 2.45) is 4.99 Å². The quantitative estimate of drug-likeness (QED) is 0.478. The number of hydrogen-bond donors (Lipinski definition) is 2. The van der Waals surface area contributed by atoms with Gasteiger partial charge in [-0.15, -0.1) is 0 Å². The van der Waals surface area contributed by atoms with E-state index in [9.17, 15) is 14.4 Å². The lowest BCUT2D eigenvalue weighted by molar-refractivity contribution is -0.136. The van der Waals surface area contributed by atoms with E-state index in [0.717, 1.165) is 16.8 Å². The molecule has 0 saturated carbocycles. The molecule has 0 bridgehead atoms. The van der Waals surface area contributed by atoms with Crippen LogP contribution in [0.5, 0.6) is 0 Å². The average molecular weight is 591 g/mol. The lowest BCUT2D eigenvalue weighted by Gasteiger charge is -2.29. The van der Waals surface area contributed by atoms with Crippen molar-refractivity contribution in [3.8, 4) is 0 Å². The second-order valence-corrected chi connectivity index (χ2v) is 11.5. The fourth-order valence-electron chi connectivity index (χ4n) is 6.27. The van der Waals surface area contributed by atoms with Crippen LogP contribution in [0.25, 0.3) is 0 Å². The third kappa shape index (κ3) is 4.12. The van der Waals surface area contributed by atoms with Gasteiger partial charge in [0, 0.05) is 49.9 Å². The summed E-state index contributed by atoms with van der Waals surface area (Å²) >= 11 is 13.0. The predicted octanol–water partition coefficient (Wildman–Crippen LogP) is 3.55. The van der Waals surface area contributed by atoms with E-state index in [1.54, 1.807) is 30.6 Å². The third-order valence-corrected chi connectivity index (χ3v) is 8.95. The SMILES string of the molecule is O=C(CN1C(=O)C2(CCOCC2)N=C1c1c(Cl)cccc1Cl)Nc1cnc2c(c1)C[C@@]1(C2)C(=O)Nc2ncccc21. The molecule has 12 heteroatoms. The zero-order valence-corrected chi connectivity index (χ0v) is 23.3. The van der Waals surface area contributed by atoms with Crippen LogP contribution in [0.15, 0.2) is 53.8 Å². The lowest BCUT2D eigenvalue weighted by atomic mass is 9.80. The minimum Gasteiger partial charge on any atom is -0.381 e. The molecule has 2 spiro atoms. The summed E-state index contributed by atoms with van der Waals surface area (Å²) in [6.45, 7) is 0.490. The van der Waals surface area contributed by atoms with Crippen LogP contribution >= 0.6 is 23.2 Å². The highest BCUT2D eigenvalue weighted by atomic mass is 35.5. The number of aromatic nitrogens is 2. The molecular formula is C29H24Cl2N6O4. The highest BCUT2D eigenvalue weighted by Crippen LogP contribution is 2.46. The summed E-state index contributed by atoms with van der Waals surface area (Å²) in [4.78, 5) is 55.1. The van der Waals surface area contributed by atoms with Crippen molar-refractivity contribution in [2.45, 2.75) is 36.6 Å². The highest BCUT2D eigenvalue weighted by molar-refractivity contribution is 6.41. The number of anilines is 2. The predicted molar refractivity (Wildman–Crippen MR) is 152 cm³/mol. The topological polar surface area (TPSA) is 126 Å². The number of nitrogens with one attached hydrogen (secondary N) is 2. The van der Waals surface area contributed by atoms with Gasteiger partial charge >= 0.3 is 0 Å².